The van der Waals surface area contributed by atoms with Crippen LogP contribution in [0.25, 0.3) is 78.3 Å². The Hall–Kier alpha value is -5.41. The van der Waals surface area contributed by atoms with Gasteiger partial charge in [0.25, 0.3) is 0 Å². The van der Waals surface area contributed by atoms with Gasteiger partial charge < -0.3 is 0 Å². The fraction of sp³-hybridized carbons (Fsp3) is 0. The summed E-state index contributed by atoms with van der Waals surface area (Å²) in [7, 11) is 0. The lowest BCUT2D eigenvalue weighted by molar-refractivity contribution is 1.07. The molecule has 0 radical (unpaired) electrons. The zero-order valence-corrected chi connectivity index (χ0v) is 21.6. The van der Waals surface area contributed by atoms with Crippen molar-refractivity contribution >= 4 is 10.8 Å². The molecular weight excluding hydrogens is 486 g/mol. The highest BCUT2D eigenvalue weighted by molar-refractivity contribution is 6.19. The molecule has 7 aromatic rings. The van der Waals surface area contributed by atoms with Crippen LogP contribution in [0.1, 0.15) is 0 Å². The van der Waals surface area contributed by atoms with Crippen molar-refractivity contribution in [3.63, 3.8) is 0 Å². The Labute approximate surface area is 232 Å². The van der Waals surface area contributed by atoms with Gasteiger partial charge in [-0.1, -0.05) is 133 Å². The summed E-state index contributed by atoms with van der Waals surface area (Å²) in [5.74, 6) is 2.00. The number of nitrogens with zero attached hydrogens (tertiary/aromatic N) is 3. The Balaban J connectivity index is 1.36. The zero-order chi connectivity index (χ0) is 26.5. The third-order valence-corrected chi connectivity index (χ3v) is 7.67. The van der Waals surface area contributed by atoms with Gasteiger partial charge in [0.1, 0.15) is 0 Å². The second-order valence-corrected chi connectivity index (χ2v) is 10.1. The highest BCUT2D eigenvalue weighted by atomic mass is 15.0. The van der Waals surface area contributed by atoms with E-state index in [1.54, 1.807) is 0 Å². The molecule has 0 unspecified atom stereocenters. The molecule has 0 spiro atoms. The molecule has 1 aliphatic carbocycles. The summed E-state index contributed by atoms with van der Waals surface area (Å²) < 4.78 is 0. The normalized spacial score (nSPS) is 11.5. The smallest absolute Gasteiger partial charge is 0.164 e. The topological polar surface area (TPSA) is 38.7 Å². The Morgan fingerprint density at radius 1 is 0.325 bits per heavy atom. The van der Waals surface area contributed by atoms with E-state index in [-0.39, 0.29) is 0 Å². The molecule has 0 amide bonds. The van der Waals surface area contributed by atoms with Crippen LogP contribution in [-0.4, -0.2) is 15.0 Å². The molecule has 0 atom stereocenters. The second-order valence-electron chi connectivity index (χ2n) is 10.1. The highest BCUT2D eigenvalue weighted by Gasteiger charge is 2.25. The molecule has 1 aliphatic rings. The monoisotopic (exact) mass is 509 g/mol. The second kappa shape index (κ2) is 9.11. The van der Waals surface area contributed by atoms with Crippen LogP contribution in [0.15, 0.2) is 140 Å². The Morgan fingerprint density at radius 3 is 1.50 bits per heavy atom. The SMILES string of the molecule is c1ccc(-c2nc(-c3ccccc3)nc(-c3ccc4c(c3)-c3c(-c5ccccc5)ccc5cccc-4c35)n2)cc1. The first-order valence-corrected chi connectivity index (χ1v) is 13.5. The van der Waals surface area contributed by atoms with E-state index in [0.717, 1.165) is 16.7 Å². The van der Waals surface area contributed by atoms with E-state index >= 15 is 0 Å². The largest absolute Gasteiger partial charge is 0.208 e. The summed E-state index contributed by atoms with van der Waals surface area (Å²) in [5.41, 5.74) is 10.4. The van der Waals surface area contributed by atoms with Crippen molar-refractivity contribution in [3.05, 3.63) is 140 Å². The van der Waals surface area contributed by atoms with Crippen molar-refractivity contribution in [2.45, 2.75) is 0 Å². The third kappa shape index (κ3) is 3.63. The van der Waals surface area contributed by atoms with Gasteiger partial charge in [0, 0.05) is 16.7 Å². The number of rotatable bonds is 4. The number of benzene rings is 6. The first-order valence-electron chi connectivity index (χ1n) is 13.5. The molecule has 0 aliphatic heterocycles. The van der Waals surface area contributed by atoms with E-state index < -0.39 is 0 Å². The fourth-order valence-electron chi connectivity index (χ4n) is 5.80. The lowest BCUT2D eigenvalue weighted by atomic mass is 9.92. The van der Waals surface area contributed by atoms with E-state index in [4.69, 9.17) is 15.0 Å². The molecule has 3 heteroatoms. The zero-order valence-electron chi connectivity index (χ0n) is 21.6. The summed E-state index contributed by atoms with van der Waals surface area (Å²) in [4.78, 5) is 14.8. The van der Waals surface area contributed by atoms with Gasteiger partial charge in [-0.15, -0.1) is 0 Å². The maximum Gasteiger partial charge on any atom is 0.164 e. The predicted molar refractivity (Wildman–Crippen MR) is 164 cm³/mol. The van der Waals surface area contributed by atoms with Crippen LogP contribution >= 0.6 is 0 Å². The van der Waals surface area contributed by atoms with Gasteiger partial charge >= 0.3 is 0 Å². The summed E-state index contributed by atoms with van der Waals surface area (Å²) >= 11 is 0. The Morgan fingerprint density at radius 2 is 0.875 bits per heavy atom. The van der Waals surface area contributed by atoms with Gasteiger partial charge in [0.15, 0.2) is 17.5 Å². The molecule has 0 N–H and O–H groups in total. The first kappa shape index (κ1) is 22.6. The number of hydrogen-bond acceptors (Lipinski definition) is 3. The standard InChI is InChI=1S/C37H23N3/c1-4-11-24(12-5-1)29-21-19-25-17-10-18-31-30-22-20-28(23-32(30)34(29)33(25)31)37-39-35(26-13-6-2-7-14-26)38-36(40-37)27-15-8-3-9-16-27/h1-23H. The maximum absolute atomic E-state index is 4.98. The van der Waals surface area contributed by atoms with Gasteiger partial charge in [-0.2, -0.15) is 0 Å². The maximum atomic E-state index is 4.98. The molecule has 40 heavy (non-hydrogen) atoms. The van der Waals surface area contributed by atoms with E-state index in [2.05, 4.69) is 78.9 Å². The summed E-state index contributed by atoms with van der Waals surface area (Å²) in [5, 5.41) is 2.56. The molecule has 0 saturated carbocycles. The lowest BCUT2D eigenvalue weighted by Crippen LogP contribution is -2.00. The van der Waals surface area contributed by atoms with Crippen molar-refractivity contribution in [1.29, 1.82) is 0 Å². The first-order chi connectivity index (χ1) is 19.8. The fourth-order valence-corrected chi connectivity index (χ4v) is 5.80. The van der Waals surface area contributed by atoms with Gasteiger partial charge in [-0.25, -0.2) is 15.0 Å². The molecule has 0 bridgehead atoms. The number of aromatic nitrogens is 3. The molecule has 6 aromatic carbocycles. The van der Waals surface area contributed by atoms with Crippen molar-refractivity contribution in [3.8, 4) is 67.5 Å². The Bertz CT molecular complexity index is 1970. The molecule has 3 nitrogen and oxygen atoms in total. The number of fused-ring (bicyclic) bond motifs is 3. The van der Waals surface area contributed by atoms with E-state index in [0.29, 0.717) is 17.5 Å². The third-order valence-electron chi connectivity index (χ3n) is 7.67. The van der Waals surface area contributed by atoms with Crippen LogP contribution < -0.4 is 0 Å². The van der Waals surface area contributed by atoms with Crippen molar-refractivity contribution < 1.29 is 0 Å². The quantitative estimate of drug-likeness (QED) is 0.237. The Kier molecular flexibility index (Phi) is 5.14. The van der Waals surface area contributed by atoms with Gasteiger partial charge in [0.2, 0.25) is 0 Å². The van der Waals surface area contributed by atoms with Crippen LogP contribution in [-0.2, 0) is 0 Å². The van der Waals surface area contributed by atoms with Crippen LogP contribution in [0, 0.1) is 0 Å². The van der Waals surface area contributed by atoms with Crippen LogP contribution in [0.2, 0.25) is 0 Å². The van der Waals surface area contributed by atoms with E-state index in [1.165, 1.54) is 44.2 Å². The minimum absolute atomic E-state index is 0.667. The van der Waals surface area contributed by atoms with Crippen LogP contribution in [0.4, 0.5) is 0 Å². The van der Waals surface area contributed by atoms with Gasteiger partial charge in [0.05, 0.1) is 0 Å². The highest BCUT2D eigenvalue weighted by Crippen LogP contribution is 2.51. The van der Waals surface area contributed by atoms with E-state index in [1.807, 2.05) is 60.7 Å². The molecule has 0 saturated heterocycles. The number of hydrogen-bond donors (Lipinski definition) is 0. The van der Waals surface area contributed by atoms with Crippen molar-refractivity contribution in [2.24, 2.45) is 0 Å². The summed E-state index contributed by atoms with van der Waals surface area (Å²) in [6, 6.07) is 48.6. The molecule has 0 fully saturated rings. The van der Waals surface area contributed by atoms with Gasteiger partial charge in [-0.3, -0.25) is 0 Å². The molecule has 186 valence electrons. The summed E-state index contributed by atoms with van der Waals surface area (Å²) in [6.45, 7) is 0. The minimum atomic E-state index is 0.667. The minimum Gasteiger partial charge on any atom is -0.208 e. The van der Waals surface area contributed by atoms with Gasteiger partial charge in [-0.05, 0) is 50.2 Å². The predicted octanol–water partition coefficient (Wildman–Crippen LogP) is 9.34. The molecule has 1 heterocycles. The van der Waals surface area contributed by atoms with Crippen molar-refractivity contribution in [2.75, 3.05) is 0 Å². The van der Waals surface area contributed by atoms with Crippen LogP contribution in [0.3, 0.4) is 0 Å². The molecular formula is C37H23N3. The van der Waals surface area contributed by atoms with E-state index in [9.17, 15) is 0 Å². The van der Waals surface area contributed by atoms with Crippen molar-refractivity contribution in [1.82, 2.24) is 15.0 Å². The van der Waals surface area contributed by atoms with Crippen LogP contribution in [0.5, 0.6) is 0 Å². The average molecular weight is 510 g/mol. The molecule has 8 rings (SSSR count). The molecule has 1 aromatic heterocycles. The summed E-state index contributed by atoms with van der Waals surface area (Å²) in [6.07, 6.45) is 0. The lowest BCUT2D eigenvalue weighted by Gasteiger charge is -2.12. The average Bonchev–Trinajstić information content (AvgIpc) is 3.37.